The summed E-state index contributed by atoms with van der Waals surface area (Å²) in [5.74, 6) is 1.20. The highest BCUT2D eigenvalue weighted by Gasteiger charge is 2.13. The van der Waals surface area contributed by atoms with Crippen molar-refractivity contribution < 1.29 is 18.8 Å². The number of nitrogens with zero attached hydrogens (tertiary/aromatic N) is 1. The Kier molecular flexibility index (Phi) is 5.95. The predicted molar refractivity (Wildman–Crippen MR) is 88.9 cm³/mol. The molecule has 0 saturated carbocycles. The number of aryl methyl sites for hydroxylation is 1. The summed E-state index contributed by atoms with van der Waals surface area (Å²) in [5.41, 5.74) is 1.04. The van der Waals surface area contributed by atoms with Crippen molar-refractivity contribution in [1.29, 1.82) is 0 Å². The van der Waals surface area contributed by atoms with Gasteiger partial charge in [0.2, 0.25) is 11.8 Å². The molecule has 0 spiro atoms. The molecule has 2 rings (SSSR count). The summed E-state index contributed by atoms with van der Waals surface area (Å²) in [6.45, 7) is 3.57. The topological polar surface area (TPSA) is 93.5 Å². The van der Waals surface area contributed by atoms with E-state index < -0.39 is 0 Å². The SMILES string of the molecule is COc1ccc(C(C)CC(=O)NCC(=O)Nc2cc(C)on2)cc1. The van der Waals surface area contributed by atoms with Gasteiger partial charge >= 0.3 is 0 Å². The minimum absolute atomic E-state index is 0.0390. The molecule has 1 heterocycles. The normalized spacial score (nSPS) is 11.6. The van der Waals surface area contributed by atoms with Crippen LogP contribution >= 0.6 is 0 Å². The number of aromatic nitrogens is 1. The molecule has 0 saturated heterocycles. The Morgan fingerprint density at radius 1 is 1.25 bits per heavy atom. The number of hydrogen-bond acceptors (Lipinski definition) is 5. The van der Waals surface area contributed by atoms with Gasteiger partial charge in [0.25, 0.3) is 0 Å². The third kappa shape index (κ3) is 5.12. The first kappa shape index (κ1) is 17.5. The largest absolute Gasteiger partial charge is 0.497 e. The molecule has 128 valence electrons. The third-order valence-corrected chi connectivity index (χ3v) is 3.52. The first-order valence-corrected chi connectivity index (χ1v) is 7.61. The maximum absolute atomic E-state index is 12.0. The van der Waals surface area contributed by atoms with Crippen LogP contribution in [0.3, 0.4) is 0 Å². The lowest BCUT2D eigenvalue weighted by Gasteiger charge is -2.12. The van der Waals surface area contributed by atoms with E-state index in [2.05, 4.69) is 15.8 Å². The highest BCUT2D eigenvalue weighted by molar-refractivity contribution is 5.93. The van der Waals surface area contributed by atoms with Gasteiger partial charge in [-0.25, -0.2) is 0 Å². The van der Waals surface area contributed by atoms with Crippen LogP contribution in [0.4, 0.5) is 5.82 Å². The van der Waals surface area contributed by atoms with Crippen LogP contribution in [0, 0.1) is 6.92 Å². The van der Waals surface area contributed by atoms with Crippen molar-refractivity contribution >= 4 is 17.6 Å². The molecule has 1 atom stereocenters. The highest BCUT2D eigenvalue weighted by Crippen LogP contribution is 2.21. The Labute approximate surface area is 140 Å². The van der Waals surface area contributed by atoms with Crippen molar-refractivity contribution in [3.63, 3.8) is 0 Å². The van der Waals surface area contributed by atoms with E-state index in [9.17, 15) is 9.59 Å². The molecule has 1 aromatic carbocycles. The zero-order chi connectivity index (χ0) is 17.5. The Morgan fingerprint density at radius 3 is 2.54 bits per heavy atom. The van der Waals surface area contributed by atoms with Gasteiger partial charge in [-0.1, -0.05) is 24.2 Å². The van der Waals surface area contributed by atoms with E-state index >= 15 is 0 Å². The molecule has 7 heteroatoms. The van der Waals surface area contributed by atoms with Gasteiger partial charge in [-0.15, -0.1) is 0 Å². The van der Waals surface area contributed by atoms with Crippen molar-refractivity contribution in [2.45, 2.75) is 26.2 Å². The molecule has 0 aliphatic heterocycles. The molecule has 7 nitrogen and oxygen atoms in total. The number of carbonyl (C=O) groups excluding carboxylic acids is 2. The van der Waals surface area contributed by atoms with Gasteiger partial charge in [0.1, 0.15) is 11.5 Å². The lowest BCUT2D eigenvalue weighted by Crippen LogP contribution is -2.33. The monoisotopic (exact) mass is 331 g/mol. The Hall–Kier alpha value is -2.83. The number of nitrogens with one attached hydrogen (secondary N) is 2. The molecule has 2 aromatic rings. The lowest BCUT2D eigenvalue weighted by atomic mass is 9.97. The first-order chi connectivity index (χ1) is 11.5. The maximum Gasteiger partial charge on any atom is 0.245 e. The summed E-state index contributed by atoms with van der Waals surface area (Å²) in [6.07, 6.45) is 0.294. The van der Waals surface area contributed by atoms with Gasteiger partial charge in [-0.05, 0) is 30.5 Å². The Bertz CT molecular complexity index is 694. The van der Waals surface area contributed by atoms with Crippen LogP contribution in [0.15, 0.2) is 34.9 Å². The molecular weight excluding hydrogens is 310 g/mol. The van der Waals surface area contributed by atoms with Gasteiger partial charge in [0.15, 0.2) is 5.82 Å². The molecule has 0 fully saturated rings. The number of rotatable bonds is 7. The maximum atomic E-state index is 12.0. The van der Waals surface area contributed by atoms with Crippen LogP contribution < -0.4 is 15.4 Å². The fourth-order valence-electron chi connectivity index (χ4n) is 2.19. The van der Waals surface area contributed by atoms with Crippen molar-refractivity contribution in [1.82, 2.24) is 10.5 Å². The van der Waals surface area contributed by atoms with Gasteiger partial charge in [0.05, 0.1) is 13.7 Å². The van der Waals surface area contributed by atoms with E-state index in [1.165, 1.54) is 0 Å². The molecule has 1 aromatic heterocycles. The first-order valence-electron chi connectivity index (χ1n) is 7.61. The molecule has 0 radical (unpaired) electrons. The summed E-state index contributed by atoms with van der Waals surface area (Å²) in [6, 6.07) is 9.17. The van der Waals surface area contributed by atoms with Crippen LogP contribution in [0.5, 0.6) is 5.75 Å². The van der Waals surface area contributed by atoms with Crippen molar-refractivity contribution in [2.75, 3.05) is 19.0 Å². The minimum Gasteiger partial charge on any atom is -0.497 e. The van der Waals surface area contributed by atoms with Crippen LogP contribution in [-0.2, 0) is 9.59 Å². The van der Waals surface area contributed by atoms with Crippen molar-refractivity contribution in [2.24, 2.45) is 0 Å². The number of benzene rings is 1. The number of carbonyl (C=O) groups is 2. The quantitative estimate of drug-likeness (QED) is 0.811. The van der Waals surface area contributed by atoms with Crippen LogP contribution in [0.2, 0.25) is 0 Å². The van der Waals surface area contributed by atoms with Gasteiger partial charge < -0.3 is 19.9 Å². The minimum atomic E-state index is -0.353. The smallest absolute Gasteiger partial charge is 0.245 e. The van der Waals surface area contributed by atoms with Crippen LogP contribution in [0.1, 0.15) is 30.6 Å². The number of ether oxygens (including phenoxy) is 1. The average molecular weight is 331 g/mol. The van der Waals surface area contributed by atoms with Crippen molar-refractivity contribution in [3.05, 3.63) is 41.7 Å². The van der Waals surface area contributed by atoms with Crippen molar-refractivity contribution in [3.8, 4) is 5.75 Å². The second-order valence-corrected chi connectivity index (χ2v) is 5.53. The fourth-order valence-corrected chi connectivity index (χ4v) is 2.19. The second kappa shape index (κ2) is 8.14. The van der Waals surface area contributed by atoms with E-state index in [-0.39, 0.29) is 24.3 Å². The fraction of sp³-hybridized carbons (Fsp3) is 0.353. The van der Waals surface area contributed by atoms with Crippen LogP contribution in [-0.4, -0.2) is 30.6 Å². The van der Waals surface area contributed by atoms with Gasteiger partial charge in [-0.3, -0.25) is 9.59 Å². The van der Waals surface area contributed by atoms with E-state index in [0.29, 0.717) is 18.0 Å². The summed E-state index contributed by atoms with van der Waals surface area (Å²) in [4.78, 5) is 23.7. The number of hydrogen-bond donors (Lipinski definition) is 2. The van der Waals surface area contributed by atoms with Gasteiger partial charge in [-0.2, -0.15) is 0 Å². The summed E-state index contributed by atoms with van der Waals surface area (Å²) < 4.78 is 9.96. The van der Waals surface area contributed by atoms with E-state index in [0.717, 1.165) is 11.3 Å². The molecule has 0 bridgehead atoms. The zero-order valence-electron chi connectivity index (χ0n) is 14.0. The zero-order valence-corrected chi connectivity index (χ0v) is 14.0. The molecule has 2 N–H and O–H groups in total. The molecular formula is C17H21N3O4. The summed E-state index contributed by atoms with van der Waals surface area (Å²) in [5, 5.41) is 8.80. The average Bonchev–Trinajstić information content (AvgIpc) is 2.98. The molecule has 0 aliphatic rings. The number of anilines is 1. The standard InChI is InChI=1S/C17H21N3O4/c1-11(13-4-6-14(23-3)7-5-13)8-16(21)18-10-17(22)19-15-9-12(2)24-20-15/h4-7,9,11H,8,10H2,1-3H3,(H,18,21)(H,19,20,22). The Morgan fingerprint density at radius 2 is 1.96 bits per heavy atom. The molecule has 1 unspecified atom stereocenters. The number of methoxy groups -OCH3 is 1. The van der Waals surface area contributed by atoms with E-state index in [1.807, 2.05) is 31.2 Å². The van der Waals surface area contributed by atoms with E-state index in [1.54, 1.807) is 20.1 Å². The third-order valence-electron chi connectivity index (χ3n) is 3.52. The molecule has 0 aliphatic carbocycles. The predicted octanol–water partition coefficient (Wildman–Crippen LogP) is 2.24. The highest BCUT2D eigenvalue weighted by atomic mass is 16.5. The van der Waals surface area contributed by atoms with E-state index in [4.69, 9.17) is 9.26 Å². The summed E-state index contributed by atoms with van der Waals surface area (Å²) in [7, 11) is 1.61. The Balaban J connectivity index is 1.76. The lowest BCUT2D eigenvalue weighted by molar-refractivity contribution is -0.124. The van der Waals surface area contributed by atoms with Gasteiger partial charge in [0, 0.05) is 12.5 Å². The van der Waals surface area contributed by atoms with Crippen LogP contribution in [0.25, 0.3) is 0 Å². The second-order valence-electron chi connectivity index (χ2n) is 5.53. The molecule has 24 heavy (non-hydrogen) atoms. The molecule has 2 amide bonds. The number of amides is 2. The summed E-state index contributed by atoms with van der Waals surface area (Å²) >= 11 is 0.